The van der Waals surface area contributed by atoms with Crippen LogP contribution in [-0.2, 0) is 0 Å². The second-order valence-electron chi connectivity index (χ2n) is 9.45. The number of carbonyl (C=O) groups excluding carboxylic acids is 1. The molecule has 0 saturated carbocycles. The van der Waals surface area contributed by atoms with Crippen molar-refractivity contribution in [1.29, 1.82) is 0 Å². The molecule has 1 saturated heterocycles. The van der Waals surface area contributed by atoms with Crippen molar-refractivity contribution in [2.75, 3.05) is 23.3 Å². The van der Waals surface area contributed by atoms with Gasteiger partial charge in [0.15, 0.2) is 10.7 Å². The van der Waals surface area contributed by atoms with Gasteiger partial charge in [0.05, 0.1) is 4.92 Å². The van der Waals surface area contributed by atoms with E-state index < -0.39 is 10.8 Å². The summed E-state index contributed by atoms with van der Waals surface area (Å²) in [5, 5.41) is 17.4. The third kappa shape index (κ3) is 5.35. The number of aromatic nitrogens is 1. The average molecular weight is 530 g/mol. The van der Waals surface area contributed by atoms with Gasteiger partial charge in [0.1, 0.15) is 11.2 Å². The first kappa shape index (κ1) is 25.3. The molecule has 0 spiro atoms. The van der Waals surface area contributed by atoms with E-state index in [2.05, 4.69) is 15.6 Å². The average Bonchev–Trinajstić information content (AvgIpc) is 3.33. The van der Waals surface area contributed by atoms with Crippen LogP contribution >= 0.6 is 12.2 Å². The van der Waals surface area contributed by atoms with Crippen LogP contribution in [0.25, 0.3) is 22.6 Å². The highest BCUT2D eigenvalue weighted by Crippen LogP contribution is 2.32. The highest BCUT2D eigenvalue weighted by atomic mass is 32.1. The van der Waals surface area contributed by atoms with Gasteiger partial charge in [0.2, 0.25) is 5.89 Å². The first-order chi connectivity index (χ1) is 18.3. The van der Waals surface area contributed by atoms with E-state index in [1.807, 2.05) is 49.1 Å². The molecule has 0 unspecified atom stereocenters. The Kier molecular flexibility index (Phi) is 7.06. The number of aryl methyl sites for hydroxylation is 2. The Morgan fingerprint density at radius 2 is 1.87 bits per heavy atom. The molecule has 2 N–H and O–H groups in total. The number of carbonyl (C=O) groups is 1. The van der Waals surface area contributed by atoms with Crippen LogP contribution in [0.5, 0.6) is 0 Å². The molecular formula is C28H27N5O4S. The molecule has 0 bridgehead atoms. The third-order valence-electron chi connectivity index (χ3n) is 6.55. The van der Waals surface area contributed by atoms with Gasteiger partial charge in [-0.25, -0.2) is 4.98 Å². The number of nitro benzene ring substituents is 1. The summed E-state index contributed by atoms with van der Waals surface area (Å²) in [4.78, 5) is 30.8. The number of anilines is 2. The summed E-state index contributed by atoms with van der Waals surface area (Å²) < 4.78 is 6.01. The maximum Gasteiger partial charge on any atom is 0.293 e. The van der Waals surface area contributed by atoms with Crippen LogP contribution < -0.4 is 15.5 Å². The van der Waals surface area contributed by atoms with Gasteiger partial charge >= 0.3 is 0 Å². The SMILES string of the molecule is Cc1cc(C)c2oc(-c3cccc(NC(=S)NC(=O)c4ccc(N5CCCCC5)c([N+](=O)[O-])c4)c3)nc2c1. The normalized spacial score (nSPS) is 13.4. The molecule has 0 radical (unpaired) electrons. The molecule has 9 nitrogen and oxygen atoms in total. The van der Waals surface area contributed by atoms with E-state index in [4.69, 9.17) is 16.6 Å². The van der Waals surface area contributed by atoms with Crippen molar-refractivity contribution in [1.82, 2.24) is 10.3 Å². The molecule has 38 heavy (non-hydrogen) atoms. The molecular weight excluding hydrogens is 502 g/mol. The molecule has 2 heterocycles. The third-order valence-corrected chi connectivity index (χ3v) is 6.75. The number of hydrogen-bond donors (Lipinski definition) is 2. The van der Waals surface area contributed by atoms with Gasteiger partial charge in [0.25, 0.3) is 11.6 Å². The lowest BCUT2D eigenvalue weighted by Gasteiger charge is -2.28. The predicted octanol–water partition coefficient (Wildman–Crippen LogP) is 6.14. The first-order valence-electron chi connectivity index (χ1n) is 12.4. The van der Waals surface area contributed by atoms with Crippen molar-refractivity contribution in [2.45, 2.75) is 33.1 Å². The maximum absolute atomic E-state index is 12.9. The zero-order valence-corrected chi connectivity index (χ0v) is 21.9. The Morgan fingerprint density at radius 3 is 2.63 bits per heavy atom. The van der Waals surface area contributed by atoms with Crippen LogP contribution in [0.15, 0.2) is 59.0 Å². The summed E-state index contributed by atoms with van der Waals surface area (Å²) in [6.07, 6.45) is 3.10. The van der Waals surface area contributed by atoms with E-state index in [0.29, 0.717) is 17.3 Å². The van der Waals surface area contributed by atoms with Gasteiger partial charge in [-0.15, -0.1) is 0 Å². The molecule has 10 heteroatoms. The highest BCUT2D eigenvalue weighted by Gasteiger charge is 2.23. The van der Waals surface area contributed by atoms with Gasteiger partial charge in [-0.3, -0.25) is 20.2 Å². The largest absolute Gasteiger partial charge is 0.436 e. The monoisotopic (exact) mass is 529 g/mol. The van der Waals surface area contributed by atoms with Gasteiger partial charge in [0, 0.05) is 36.0 Å². The molecule has 0 aliphatic carbocycles. The minimum atomic E-state index is -0.531. The van der Waals surface area contributed by atoms with E-state index in [9.17, 15) is 14.9 Å². The number of piperidine rings is 1. The number of oxazole rings is 1. The van der Waals surface area contributed by atoms with Crippen molar-refractivity contribution in [3.63, 3.8) is 0 Å². The van der Waals surface area contributed by atoms with Crippen molar-refractivity contribution >= 4 is 51.4 Å². The Morgan fingerprint density at radius 1 is 1.08 bits per heavy atom. The van der Waals surface area contributed by atoms with E-state index >= 15 is 0 Å². The van der Waals surface area contributed by atoms with Gasteiger partial charge in [-0.05, 0) is 92.9 Å². The van der Waals surface area contributed by atoms with E-state index in [-0.39, 0.29) is 16.4 Å². The van der Waals surface area contributed by atoms with Gasteiger partial charge < -0.3 is 14.6 Å². The van der Waals surface area contributed by atoms with Crippen LogP contribution in [0.2, 0.25) is 0 Å². The number of rotatable bonds is 5. The number of nitro groups is 1. The van der Waals surface area contributed by atoms with E-state index in [1.165, 1.54) is 6.07 Å². The van der Waals surface area contributed by atoms with Crippen molar-refractivity contribution in [2.24, 2.45) is 0 Å². The second kappa shape index (κ2) is 10.6. The van der Waals surface area contributed by atoms with Crippen LogP contribution in [-0.4, -0.2) is 34.0 Å². The lowest BCUT2D eigenvalue weighted by Crippen LogP contribution is -2.34. The van der Waals surface area contributed by atoms with Crippen LogP contribution in [0.4, 0.5) is 17.1 Å². The number of amides is 1. The van der Waals surface area contributed by atoms with E-state index in [1.54, 1.807) is 18.2 Å². The summed E-state index contributed by atoms with van der Waals surface area (Å²) in [6.45, 7) is 5.53. The standard InChI is InChI=1S/C28H27N5O4S/c1-17-13-18(2)25-22(14-17)30-27(37-25)20-7-6-8-21(15-20)29-28(38)31-26(34)19-9-10-23(24(16-19)33(35)36)32-11-4-3-5-12-32/h6-10,13-16H,3-5,11-12H2,1-2H3,(H2,29,31,34,38). The molecule has 1 aromatic heterocycles. The predicted molar refractivity (Wildman–Crippen MR) is 152 cm³/mol. The molecule has 1 aliphatic heterocycles. The Bertz CT molecular complexity index is 1560. The lowest BCUT2D eigenvalue weighted by atomic mass is 10.1. The fourth-order valence-corrected chi connectivity index (χ4v) is 4.99. The molecule has 194 valence electrons. The quantitative estimate of drug-likeness (QED) is 0.180. The van der Waals surface area contributed by atoms with Crippen LogP contribution in [0.3, 0.4) is 0 Å². The fraction of sp³-hybridized carbons (Fsp3) is 0.250. The Labute approximate surface area is 225 Å². The Balaban J connectivity index is 1.29. The zero-order chi connectivity index (χ0) is 26.8. The number of fused-ring (bicyclic) bond motifs is 1. The molecule has 1 fully saturated rings. The minimum absolute atomic E-state index is 0.0685. The summed E-state index contributed by atoms with van der Waals surface area (Å²) >= 11 is 5.34. The topological polar surface area (TPSA) is 114 Å². The summed E-state index contributed by atoms with van der Waals surface area (Å²) in [7, 11) is 0. The molecule has 0 atom stereocenters. The lowest BCUT2D eigenvalue weighted by molar-refractivity contribution is -0.384. The number of nitrogens with one attached hydrogen (secondary N) is 2. The van der Waals surface area contributed by atoms with E-state index in [0.717, 1.165) is 60.1 Å². The molecule has 4 aromatic rings. The zero-order valence-electron chi connectivity index (χ0n) is 21.1. The van der Waals surface area contributed by atoms with Crippen LogP contribution in [0, 0.1) is 24.0 Å². The van der Waals surface area contributed by atoms with Crippen molar-refractivity contribution in [3.05, 3.63) is 81.4 Å². The van der Waals surface area contributed by atoms with Gasteiger partial charge in [-0.2, -0.15) is 0 Å². The van der Waals surface area contributed by atoms with Crippen molar-refractivity contribution < 1.29 is 14.1 Å². The van der Waals surface area contributed by atoms with Crippen LogP contribution in [0.1, 0.15) is 40.7 Å². The molecule has 3 aromatic carbocycles. The number of benzene rings is 3. The number of nitrogens with zero attached hydrogens (tertiary/aromatic N) is 3. The van der Waals surface area contributed by atoms with Crippen molar-refractivity contribution in [3.8, 4) is 11.5 Å². The smallest absolute Gasteiger partial charge is 0.293 e. The maximum atomic E-state index is 12.9. The number of thiocarbonyl (C=S) groups is 1. The Hall–Kier alpha value is -4.31. The summed E-state index contributed by atoms with van der Waals surface area (Å²) in [5.74, 6) is -0.0508. The van der Waals surface area contributed by atoms with Gasteiger partial charge in [-0.1, -0.05) is 12.1 Å². The second-order valence-corrected chi connectivity index (χ2v) is 9.85. The minimum Gasteiger partial charge on any atom is -0.436 e. The molecule has 1 aliphatic rings. The highest BCUT2D eigenvalue weighted by molar-refractivity contribution is 7.80. The number of hydrogen-bond acceptors (Lipinski definition) is 7. The fourth-order valence-electron chi connectivity index (χ4n) is 4.78. The molecule has 1 amide bonds. The molecule has 5 rings (SSSR count). The summed E-state index contributed by atoms with van der Waals surface area (Å²) in [6, 6.07) is 15.9. The first-order valence-corrected chi connectivity index (χ1v) is 12.8. The summed E-state index contributed by atoms with van der Waals surface area (Å²) in [5.41, 5.74) is 5.65.